The Morgan fingerprint density at radius 2 is 2.00 bits per heavy atom. The zero-order valence-electron chi connectivity index (χ0n) is 14.2. The van der Waals surface area contributed by atoms with Gasteiger partial charge >= 0.3 is 0 Å². The number of hydrogen-bond acceptors (Lipinski definition) is 1. The van der Waals surface area contributed by atoms with E-state index in [-0.39, 0.29) is 11.0 Å². The Morgan fingerprint density at radius 1 is 1.23 bits per heavy atom. The van der Waals surface area contributed by atoms with Gasteiger partial charge in [0.05, 0.1) is 0 Å². The topological polar surface area (TPSA) is 9.23 Å². The van der Waals surface area contributed by atoms with Crippen LogP contribution in [-0.2, 0) is 6.42 Å². The lowest BCUT2D eigenvalue weighted by molar-refractivity contribution is -0.152. The van der Waals surface area contributed by atoms with Crippen LogP contribution >= 0.6 is 0 Å². The van der Waals surface area contributed by atoms with E-state index >= 15 is 0 Å². The van der Waals surface area contributed by atoms with Crippen molar-refractivity contribution < 1.29 is 4.74 Å². The molecule has 0 unspecified atom stereocenters. The van der Waals surface area contributed by atoms with Crippen molar-refractivity contribution >= 4 is 0 Å². The summed E-state index contributed by atoms with van der Waals surface area (Å²) in [6, 6.07) is 8.70. The van der Waals surface area contributed by atoms with Crippen LogP contribution in [0.1, 0.15) is 52.0 Å². The Balaban J connectivity index is 1.85. The van der Waals surface area contributed by atoms with E-state index in [9.17, 15) is 0 Å². The molecule has 0 radical (unpaired) electrons. The van der Waals surface area contributed by atoms with Crippen molar-refractivity contribution in [2.75, 3.05) is 0 Å². The Hall–Kier alpha value is -1.24. The summed E-state index contributed by atoms with van der Waals surface area (Å²) in [5, 5.41) is 0. The van der Waals surface area contributed by atoms with Crippen LogP contribution in [0, 0.1) is 23.2 Å². The van der Waals surface area contributed by atoms with Crippen LogP contribution in [0.3, 0.4) is 0 Å². The predicted molar refractivity (Wildman–Crippen MR) is 91.0 cm³/mol. The molecule has 4 rings (SSSR count). The summed E-state index contributed by atoms with van der Waals surface area (Å²) in [6.07, 6.45) is 6.26. The molecule has 5 atom stereocenters. The molecule has 0 amide bonds. The molecule has 1 aromatic carbocycles. The summed E-state index contributed by atoms with van der Waals surface area (Å²) in [6.45, 7) is 11.5. The fourth-order valence-electron chi connectivity index (χ4n) is 5.89. The first-order chi connectivity index (χ1) is 10.5. The zero-order valence-corrected chi connectivity index (χ0v) is 14.2. The average Bonchev–Trinajstić information content (AvgIpc) is 2.86. The summed E-state index contributed by atoms with van der Waals surface area (Å²) in [5.41, 5.74) is 3.06. The van der Waals surface area contributed by atoms with Crippen LogP contribution in [0.15, 0.2) is 36.4 Å². The van der Waals surface area contributed by atoms with Gasteiger partial charge in [0.1, 0.15) is 11.4 Å². The highest BCUT2D eigenvalue weighted by Crippen LogP contribution is 2.65. The second-order valence-corrected chi connectivity index (χ2v) is 8.27. The van der Waals surface area contributed by atoms with Crippen LogP contribution in [0.2, 0.25) is 0 Å². The molecule has 3 aliphatic rings. The van der Waals surface area contributed by atoms with Crippen molar-refractivity contribution in [2.45, 2.75) is 58.5 Å². The molecule has 2 fully saturated rings. The molecule has 1 nitrogen and oxygen atoms in total. The standard InChI is InChI=1S/C21H28O/c1-14(2)17-11-12-21-18(17)10-9-15(3)20(21,4)13-16-7-5-6-8-19(16)22-21/h5-8,15,17-18H,1,9-13H2,2-4H3/t15-,17+,18+,20+,21-/m0/s1. The van der Waals surface area contributed by atoms with Crippen LogP contribution in [0.5, 0.6) is 5.75 Å². The number of ether oxygens (including phenoxy) is 1. The fourth-order valence-corrected chi connectivity index (χ4v) is 5.89. The quantitative estimate of drug-likeness (QED) is 0.631. The number of fused-ring (bicyclic) bond motifs is 1. The molecule has 1 heteroatoms. The van der Waals surface area contributed by atoms with Gasteiger partial charge in [-0.25, -0.2) is 0 Å². The molecule has 2 saturated carbocycles. The molecule has 0 saturated heterocycles. The first kappa shape index (κ1) is 14.4. The van der Waals surface area contributed by atoms with Crippen molar-refractivity contribution in [3.05, 3.63) is 42.0 Å². The molecule has 118 valence electrons. The number of benzene rings is 1. The molecular formula is C21H28O. The molecule has 0 N–H and O–H groups in total. The Labute approximate surface area is 134 Å². The van der Waals surface area contributed by atoms with Crippen LogP contribution in [0.25, 0.3) is 0 Å². The second kappa shape index (κ2) is 4.63. The molecule has 0 aromatic heterocycles. The van der Waals surface area contributed by atoms with Gasteiger partial charge < -0.3 is 4.74 Å². The van der Waals surface area contributed by atoms with Gasteiger partial charge in [-0.2, -0.15) is 0 Å². The van der Waals surface area contributed by atoms with E-state index in [1.165, 1.54) is 43.2 Å². The van der Waals surface area contributed by atoms with E-state index in [0.717, 1.165) is 11.7 Å². The minimum atomic E-state index is 0.0304. The van der Waals surface area contributed by atoms with Gasteiger partial charge in [0.25, 0.3) is 0 Å². The predicted octanol–water partition coefficient (Wildman–Crippen LogP) is 5.40. The van der Waals surface area contributed by atoms with E-state index in [1.807, 2.05) is 0 Å². The minimum Gasteiger partial charge on any atom is -0.486 e. The number of allylic oxidation sites excluding steroid dienone is 1. The lowest BCUT2D eigenvalue weighted by Crippen LogP contribution is -2.62. The summed E-state index contributed by atoms with van der Waals surface area (Å²) >= 11 is 0. The first-order valence-corrected chi connectivity index (χ1v) is 8.90. The second-order valence-electron chi connectivity index (χ2n) is 8.27. The smallest absolute Gasteiger partial charge is 0.123 e. The summed E-state index contributed by atoms with van der Waals surface area (Å²) in [4.78, 5) is 0. The lowest BCUT2D eigenvalue weighted by Gasteiger charge is -2.59. The highest BCUT2D eigenvalue weighted by atomic mass is 16.5. The summed E-state index contributed by atoms with van der Waals surface area (Å²) in [5.74, 6) is 3.17. The maximum absolute atomic E-state index is 6.86. The number of rotatable bonds is 1. The van der Waals surface area contributed by atoms with Crippen LogP contribution < -0.4 is 4.74 Å². The fraction of sp³-hybridized carbons (Fsp3) is 0.619. The average molecular weight is 296 g/mol. The third-order valence-electron chi connectivity index (χ3n) is 7.33. The lowest BCUT2D eigenvalue weighted by atomic mass is 9.52. The van der Waals surface area contributed by atoms with Gasteiger partial charge in [0.15, 0.2) is 0 Å². The van der Waals surface area contributed by atoms with Crippen molar-refractivity contribution in [1.82, 2.24) is 0 Å². The van der Waals surface area contributed by atoms with Crippen molar-refractivity contribution in [1.29, 1.82) is 0 Å². The maximum atomic E-state index is 6.86. The maximum Gasteiger partial charge on any atom is 0.123 e. The van der Waals surface area contributed by atoms with E-state index in [1.54, 1.807) is 0 Å². The van der Waals surface area contributed by atoms with E-state index in [2.05, 4.69) is 51.6 Å². The highest BCUT2D eigenvalue weighted by molar-refractivity contribution is 5.40. The summed E-state index contributed by atoms with van der Waals surface area (Å²) < 4.78 is 6.86. The molecule has 1 heterocycles. The molecule has 2 aliphatic carbocycles. The van der Waals surface area contributed by atoms with Gasteiger partial charge in [-0.1, -0.05) is 44.2 Å². The van der Waals surface area contributed by atoms with Crippen LogP contribution in [0.4, 0.5) is 0 Å². The van der Waals surface area contributed by atoms with Gasteiger partial charge in [0, 0.05) is 11.3 Å². The first-order valence-electron chi connectivity index (χ1n) is 8.90. The largest absolute Gasteiger partial charge is 0.486 e. The van der Waals surface area contributed by atoms with Gasteiger partial charge in [0.2, 0.25) is 0 Å². The Morgan fingerprint density at radius 3 is 2.77 bits per heavy atom. The van der Waals surface area contributed by atoms with E-state index in [4.69, 9.17) is 4.74 Å². The SMILES string of the molecule is C=C(C)[C@H]1CC[C@@]23Oc4ccccc4C[C@]2(C)[C@@H](C)CC[C@H]13. The summed E-state index contributed by atoms with van der Waals surface area (Å²) in [7, 11) is 0. The molecule has 22 heavy (non-hydrogen) atoms. The van der Waals surface area contributed by atoms with Gasteiger partial charge in [-0.15, -0.1) is 0 Å². The molecule has 1 spiro atoms. The van der Waals surface area contributed by atoms with Gasteiger partial charge in [-0.05, 0) is 62.5 Å². The van der Waals surface area contributed by atoms with Crippen molar-refractivity contribution in [3.63, 3.8) is 0 Å². The third kappa shape index (κ3) is 1.66. The van der Waals surface area contributed by atoms with E-state index < -0.39 is 0 Å². The Kier molecular flexibility index (Phi) is 3.02. The van der Waals surface area contributed by atoms with Crippen molar-refractivity contribution in [3.8, 4) is 5.75 Å². The van der Waals surface area contributed by atoms with Crippen LogP contribution in [-0.4, -0.2) is 5.60 Å². The molecule has 1 aromatic rings. The molecule has 1 aliphatic heterocycles. The zero-order chi connectivity index (χ0) is 15.5. The van der Waals surface area contributed by atoms with E-state index in [0.29, 0.717) is 11.8 Å². The Bertz CT molecular complexity index is 618. The molecular weight excluding hydrogens is 268 g/mol. The third-order valence-corrected chi connectivity index (χ3v) is 7.33. The minimum absolute atomic E-state index is 0.0304. The highest BCUT2D eigenvalue weighted by Gasteiger charge is 2.65. The molecule has 0 bridgehead atoms. The normalized spacial score (nSPS) is 42.8. The van der Waals surface area contributed by atoms with Crippen molar-refractivity contribution in [2.24, 2.45) is 23.2 Å². The number of para-hydroxylation sites is 1. The van der Waals surface area contributed by atoms with Gasteiger partial charge in [-0.3, -0.25) is 0 Å². The number of hydrogen-bond donors (Lipinski definition) is 0. The monoisotopic (exact) mass is 296 g/mol.